The smallest absolute Gasteiger partial charge is 0.305 e. The fourth-order valence-electron chi connectivity index (χ4n) is 1.52. The average Bonchev–Trinajstić information content (AvgIpc) is 2.36. The van der Waals surface area contributed by atoms with Crippen LogP contribution >= 0.6 is 11.6 Å². The van der Waals surface area contributed by atoms with Gasteiger partial charge < -0.3 is 15.2 Å². The summed E-state index contributed by atoms with van der Waals surface area (Å²) in [4.78, 5) is 21.7. The van der Waals surface area contributed by atoms with Crippen LogP contribution in [0, 0.1) is 0 Å². The van der Waals surface area contributed by atoms with E-state index in [1.807, 2.05) is 6.07 Å². The number of halogens is 1. The minimum absolute atomic E-state index is 0.0693. The lowest BCUT2D eigenvalue weighted by Crippen LogP contribution is -2.26. The molecule has 1 rings (SSSR count). The van der Waals surface area contributed by atoms with Crippen LogP contribution in [0.5, 0.6) is 5.75 Å². The minimum atomic E-state index is -0.928. The van der Waals surface area contributed by atoms with E-state index in [9.17, 15) is 9.59 Å². The van der Waals surface area contributed by atoms with Crippen LogP contribution in [0.25, 0.3) is 0 Å². The largest absolute Gasteiger partial charge is 0.495 e. The molecule has 1 aromatic rings. The Balaban J connectivity index is 2.37. The maximum Gasteiger partial charge on any atom is 0.305 e. The quantitative estimate of drug-likeness (QED) is 0.802. The van der Waals surface area contributed by atoms with Gasteiger partial charge in [-0.15, -0.1) is 0 Å². The van der Waals surface area contributed by atoms with Crippen LogP contribution in [-0.4, -0.2) is 30.6 Å². The normalized spacial score (nSPS) is 10.0. The molecule has 1 amide bonds. The SMILES string of the molecule is COc1ccc(CCC(=O)NCCC(=O)O)cc1Cl. The van der Waals surface area contributed by atoms with Crippen molar-refractivity contribution in [2.75, 3.05) is 13.7 Å². The number of rotatable bonds is 7. The first-order chi connectivity index (χ1) is 9.02. The Labute approximate surface area is 116 Å². The lowest BCUT2D eigenvalue weighted by molar-refractivity contribution is -0.136. The number of carbonyl (C=O) groups excluding carboxylic acids is 1. The predicted molar refractivity (Wildman–Crippen MR) is 71.6 cm³/mol. The van der Waals surface area contributed by atoms with Crippen molar-refractivity contribution in [2.24, 2.45) is 0 Å². The first-order valence-electron chi connectivity index (χ1n) is 5.84. The predicted octanol–water partition coefficient (Wildman–Crippen LogP) is 1.87. The molecule has 0 radical (unpaired) electrons. The highest BCUT2D eigenvalue weighted by molar-refractivity contribution is 6.32. The van der Waals surface area contributed by atoms with Gasteiger partial charge in [0.05, 0.1) is 18.6 Å². The maximum absolute atomic E-state index is 11.4. The second-order valence-corrected chi connectivity index (χ2v) is 4.37. The number of aryl methyl sites for hydroxylation is 1. The van der Waals surface area contributed by atoms with Crippen molar-refractivity contribution >= 4 is 23.5 Å². The molecule has 0 heterocycles. The third-order valence-corrected chi connectivity index (χ3v) is 2.81. The van der Waals surface area contributed by atoms with Crippen LogP contribution in [0.3, 0.4) is 0 Å². The second kappa shape index (κ2) is 7.63. The van der Waals surface area contributed by atoms with E-state index in [0.717, 1.165) is 5.56 Å². The Morgan fingerprint density at radius 2 is 2.11 bits per heavy atom. The van der Waals surface area contributed by atoms with Crippen molar-refractivity contribution in [1.29, 1.82) is 0 Å². The van der Waals surface area contributed by atoms with E-state index in [0.29, 0.717) is 23.6 Å². The van der Waals surface area contributed by atoms with Gasteiger partial charge >= 0.3 is 5.97 Å². The van der Waals surface area contributed by atoms with Crippen LogP contribution in [0.2, 0.25) is 5.02 Å². The van der Waals surface area contributed by atoms with E-state index >= 15 is 0 Å². The molecule has 1 aromatic carbocycles. The number of hydrogen-bond donors (Lipinski definition) is 2. The number of methoxy groups -OCH3 is 1. The van der Waals surface area contributed by atoms with Gasteiger partial charge in [-0.25, -0.2) is 0 Å². The molecule has 0 saturated heterocycles. The number of benzene rings is 1. The number of ether oxygens (including phenoxy) is 1. The van der Waals surface area contributed by atoms with Crippen molar-refractivity contribution < 1.29 is 19.4 Å². The zero-order valence-corrected chi connectivity index (χ0v) is 11.4. The van der Waals surface area contributed by atoms with E-state index in [1.165, 1.54) is 7.11 Å². The van der Waals surface area contributed by atoms with Gasteiger partial charge in [0.25, 0.3) is 0 Å². The molecule has 0 spiro atoms. The molecule has 0 unspecified atom stereocenters. The monoisotopic (exact) mass is 285 g/mol. The molecule has 0 atom stereocenters. The standard InChI is InChI=1S/C13H16ClNO4/c1-19-11-4-2-9(8-10(11)14)3-5-12(16)15-7-6-13(17)18/h2,4,8H,3,5-7H2,1H3,(H,15,16)(H,17,18). The molecule has 0 aliphatic heterocycles. The van der Waals surface area contributed by atoms with Crippen molar-refractivity contribution in [2.45, 2.75) is 19.3 Å². The molecule has 0 aliphatic carbocycles. The van der Waals surface area contributed by atoms with Gasteiger partial charge in [0.2, 0.25) is 5.91 Å². The zero-order chi connectivity index (χ0) is 14.3. The molecule has 2 N–H and O–H groups in total. The van der Waals surface area contributed by atoms with Crippen LogP contribution in [0.4, 0.5) is 0 Å². The van der Waals surface area contributed by atoms with Gasteiger partial charge in [-0.05, 0) is 24.1 Å². The Bertz CT molecular complexity index is 462. The Morgan fingerprint density at radius 3 is 2.68 bits per heavy atom. The summed E-state index contributed by atoms with van der Waals surface area (Å²) in [5.74, 6) is -0.508. The fourth-order valence-corrected chi connectivity index (χ4v) is 1.80. The molecule has 0 saturated carbocycles. The van der Waals surface area contributed by atoms with Crippen molar-refractivity contribution in [1.82, 2.24) is 5.32 Å². The van der Waals surface area contributed by atoms with Gasteiger partial charge in [-0.1, -0.05) is 17.7 Å². The summed E-state index contributed by atoms with van der Waals surface area (Å²) >= 11 is 5.97. The number of nitrogens with one attached hydrogen (secondary N) is 1. The molecule has 0 aromatic heterocycles. The van der Waals surface area contributed by atoms with E-state index < -0.39 is 5.97 Å². The average molecular weight is 286 g/mol. The molecule has 0 bridgehead atoms. The van der Waals surface area contributed by atoms with E-state index in [4.69, 9.17) is 21.4 Å². The van der Waals surface area contributed by atoms with Crippen LogP contribution in [0.1, 0.15) is 18.4 Å². The summed E-state index contributed by atoms with van der Waals surface area (Å²) < 4.78 is 5.03. The van der Waals surface area contributed by atoms with Gasteiger partial charge in [-0.2, -0.15) is 0 Å². The van der Waals surface area contributed by atoms with Crippen LogP contribution < -0.4 is 10.1 Å². The third-order valence-electron chi connectivity index (χ3n) is 2.52. The van der Waals surface area contributed by atoms with E-state index in [-0.39, 0.29) is 18.9 Å². The van der Waals surface area contributed by atoms with Gasteiger partial charge in [0.15, 0.2) is 0 Å². The lowest BCUT2D eigenvalue weighted by atomic mass is 10.1. The highest BCUT2D eigenvalue weighted by atomic mass is 35.5. The van der Waals surface area contributed by atoms with Crippen LogP contribution in [-0.2, 0) is 16.0 Å². The number of carboxylic acids is 1. The van der Waals surface area contributed by atoms with Gasteiger partial charge in [0, 0.05) is 13.0 Å². The van der Waals surface area contributed by atoms with E-state index in [1.54, 1.807) is 12.1 Å². The number of carboxylic acid groups (broad SMARTS) is 1. The number of carbonyl (C=O) groups is 2. The molecule has 0 fully saturated rings. The minimum Gasteiger partial charge on any atom is -0.495 e. The summed E-state index contributed by atoms with van der Waals surface area (Å²) in [6, 6.07) is 5.35. The highest BCUT2D eigenvalue weighted by Crippen LogP contribution is 2.25. The van der Waals surface area contributed by atoms with Gasteiger partial charge in [-0.3, -0.25) is 9.59 Å². The maximum atomic E-state index is 11.4. The summed E-state index contributed by atoms with van der Waals surface area (Å²) in [5, 5.41) is 11.5. The molecular formula is C13H16ClNO4. The number of aliphatic carboxylic acids is 1. The summed E-state index contributed by atoms with van der Waals surface area (Å²) in [6.45, 7) is 0.150. The molecular weight excluding hydrogens is 270 g/mol. The molecule has 6 heteroatoms. The van der Waals surface area contributed by atoms with Crippen molar-refractivity contribution in [3.8, 4) is 5.75 Å². The summed E-state index contributed by atoms with van der Waals surface area (Å²) in [6.07, 6.45) is 0.769. The van der Waals surface area contributed by atoms with Crippen LogP contribution in [0.15, 0.2) is 18.2 Å². The second-order valence-electron chi connectivity index (χ2n) is 3.96. The highest BCUT2D eigenvalue weighted by Gasteiger charge is 2.06. The Hall–Kier alpha value is -1.75. The van der Waals surface area contributed by atoms with Crippen molar-refractivity contribution in [3.63, 3.8) is 0 Å². The lowest BCUT2D eigenvalue weighted by Gasteiger charge is -2.06. The number of amides is 1. The fraction of sp³-hybridized carbons (Fsp3) is 0.385. The third kappa shape index (κ3) is 5.61. The van der Waals surface area contributed by atoms with E-state index in [2.05, 4.69) is 5.32 Å². The van der Waals surface area contributed by atoms with Crippen molar-refractivity contribution in [3.05, 3.63) is 28.8 Å². The first-order valence-corrected chi connectivity index (χ1v) is 6.21. The molecule has 0 aliphatic rings. The number of hydrogen-bond acceptors (Lipinski definition) is 3. The van der Waals surface area contributed by atoms with Gasteiger partial charge in [0.1, 0.15) is 5.75 Å². The Morgan fingerprint density at radius 1 is 1.37 bits per heavy atom. The molecule has 5 nitrogen and oxygen atoms in total. The first kappa shape index (κ1) is 15.3. The Kier molecular flexibility index (Phi) is 6.15. The summed E-state index contributed by atoms with van der Waals surface area (Å²) in [5.41, 5.74) is 0.930. The molecule has 104 valence electrons. The topological polar surface area (TPSA) is 75.6 Å². The zero-order valence-electron chi connectivity index (χ0n) is 10.6. The summed E-state index contributed by atoms with van der Waals surface area (Å²) in [7, 11) is 1.54. The molecule has 19 heavy (non-hydrogen) atoms.